The van der Waals surface area contributed by atoms with Crippen LogP contribution < -0.4 is 0 Å². The molecule has 0 aromatic carbocycles. The van der Waals surface area contributed by atoms with E-state index in [0.717, 1.165) is 0 Å². The van der Waals surface area contributed by atoms with Gasteiger partial charge in [0.15, 0.2) is 5.69 Å². The van der Waals surface area contributed by atoms with Crippen molar-refractivity contribution in [2.24, 2.45) is 0 Å². The molecule has 1 aromatic rings. The summed E-state index contributed by atoms with van der Waals surface area (Å²) in [5.74, 6) is 0. The van der Waals surface area contributed by atoms with Crippen LogP contribution in [0.1, 0.15) is 0 Å². The van der Waals surface area contributed by atoms with Crippen molar-refractivity contribution in [2.45, 2.75) is 0 Å². The van der Waals surface area contributed by atoms with Crippen LogP contribution in [-0.2, 0) is 0 Å². The molecule has 0 fully saturated rings. The van der Waals surface area contributed by atoms with Gasteiger partial charge in [-0.2, -0.15) is 0 Å². The summed E-state index contributed by atoms with van der Waals surface area (Å²) < 4.78 is 0.705. The van der Waals surface area contributed by atoms with Gasteiger partial charge >= 0.3 is 0 Å². The molecule has 1 heterocycles. The van der Waals surface area contributed by atoms with E-state index >= 15 is 0 Å². The minimum absolute atomic E-state index is 0.608. The monoisotopic (exact) mass is 182 g/mol. The summed E-state index contributed by atoms with van der Waals surface area (Å²) in [7, 11) is 0. The van der Waals surface area contributed by atoms with Crippen molar-refractivity contribution in [1.82, 2.24) is 4.98 Å². The van der Waals surface area contributed by atoms with Gasteiger partial charge in [-0.15, -0.1) is 0 Å². The minimum Gasteiger partial charge on any atom is -0.252 e. The Bertz CT molecular complexity index is 251. The zero-order chi connectivity index (χ0) is 6.69. The number of halogens is 1. The van der Waals surface area contributed by atoms with E-state index in [9.17, 15) is 0 Å². The molecule has 0 radical (unpaired) electrons. The van der Waals surface area contributed by atoms with E-state index in [0.29, 0.717) is 10.3 Å². The predicted molar refractivity (Wildman–Crippen MR) is 38.2 cm³/mol. The van der Waals surface area contributed by atoms with Crippen molar-refractivity contribution in [2.75, 3.05) is 0 Å². The molecule has 0 atom stereocenters. The van der Waals surface area contributed by atoms with Crippen molar-refractivity contribution in [3.63, 3.8) is 0 Å². The second-order valence-electron chi connectivity index (χ2n) is 1.45. The average molecular weight is 183 g/mol. The highest BCUT2D eigenvalue weighted by Gasteiger charge is 1.89. The third kappa shape index (κ3) is 1.51. The Balaban J connectivity index is 3.12. The molecule has 0 N–H and O–H groups in total. The zero-order valence-electron chi connectivity index (χ0n) is 4.50. The summed E-state index contributed by atoms with van der Waals surface area (Å²) in [6.45, 7) is 6.62. The van der Waals surface area contributed by atoms with E-state index in [1.54, 1.807) is 18.3 Å². The molecular weight excluding hydrogens is 180 g/mol. The fourth-order valence-electron chi connectivity index (χ4n) is 0.462. The largest absolute Gasteiger partial charge is 0.252 e. The molecule has 1 rings (SSSR count). The van der Waals surface area contributed by atoms with Gasteiger partial charge in [0.2, 0.25) is 0 Å². The highest BCUT2D eigenvalue weighted by molar-refractivity contribution is 9.10. The fourth-order valence-corrected chi connectivity index (χ4v) is 0.815. The molecule has 3 heteroatoms. The van der Waals surface area contributed by atoms with Crippen LogP contribution in [-0.4, -0.2) is 4.98 Å². The maximum atomic E-state index is 6.62. The molecule has 9 heavy (non-hydrogen) atoms. The summed E-state index contributed by atoms with van der Waals surface area (Å²) in [4.78, 5) is 7.07. The summed E-state index contributed by atoms with van der Waals surface area (Å²) in [6.07, 6.45) is 1.59. The second-order valence-corrected chi connectivity index (χ2v) is 2.26. The van der Waals surface area contributed by atoms with Crippen molar-refractivity contribution in [3.05, 3.63) is 34.3 Å². The van der Waals surface area contributed by atoms with Crippen LogP contribution in [0.2, 0.25) is 0 Å². The molecule has 0 saturated carbocycles. The first kappa shape index (κ1) is 6.24. The van der Waals surface area contributed by atoms with Crippen molar-refractivity contribution < 1.29 is 0 Å². The molecule has 0 unspecified atom stereocenters. The first-order chi connectivity index (χ1) is 4.33. The first-order valence-corrected chi connectivity index (χ1v) is 3.11. The van der Waals surface area contributed by atoms with Gasteiger partial charge < -0.3 is 0 Å². The minimum atomic E-state index is 0.608. The highest BCUT2D eigenvalue weighted by atomic mass is 79.9. The van der Waals surface area contributed by atoms with Crippen LogP contribution in [0.25, 0.3) is 4.85 Å². The molecule has 0 amide bonds. The third-order valence-electron chi connectivity index (χ3n) is 0.839. The van der Waals surface area contributed by atoms with E-state index in [1.165, 1.54) is 0 Å². The number of hydrogen-bond donors (Lipinski definition) is 0. The average Bonchev–Trinajstić information content (AvgIpc) is 1.88. The summed E-state index contributed by atoms with van der Waals surface area (Å²) >= 11 is 3.15. The highest BCUT2D eigenvalue weighted by Crippen LogP contribution is 2.14. The number of aromatic nitrogens is 1. The Kier molecular flexibility index (Phi) is 1.81. The van der Waals surface area contributed by atoms with Crippen LogP contribution >= 0.6 is 15.9 Å². The molecule has 44 valence electrons. The van der Waals surface area contributed by atoms with E-state index in [1.807, 2.05) is 0 Å². The second kappa shape index (κ2) is 2.60. The molecule has 0 spiro atoms. The quantitative estimate of drug-likeness (QED) is 0.445. The van der Waals surface area contributed by atoms with Gasteiger partial charge in [-0.25, -0.2) is 4.85 Å². The molecule has 0 aliphatic heterocycles. The SMILES string of the molecule is [C-]#[N+]c1ccnc(Br)c1. The van der Waals surface area contributed by atoms with Crippen molar-refractivity contribution in [1.29, 1.82) is 0 Å². The van der Waals surface area contributed by atoms with Gasteiger partial charge in [0, 0.05) is 6.20 Å². The molecule has 1 aromatic heterocycles. The summed E-state index contributed by atoms with van der Waals surface area (Å²) in [5, 5.41) is 0. The number of rotatable bonds is 0. The molecule has 0 bridgehead atoms. The summed E-state index contributed by atoms with van der Waals surface area (Å²) in [5.41, 5.74) is 0.608. The van der Waals surface area contributed by atoms with Gasteiger partial charge in [0.25, 0.3) is 0 Å². The predicted octanol–water partition coefficient (Wildman–Crippen LogP) is 2.39. The molecule has 0 aliphatic rings. The van der Waals surface area contributed by atoms with E-state index in [2.05, 4.69) is 25.8 Å². The first-order valence-electron chi connectivity index (χ1n) is 2.32. The van der Waals surface area contributed by atoms with Crippen LogP contribution in [0, 0.1) is 6.57 Å². The van der Waals surface area contributed by atoms with Crippen LogP contribution in [0.15, 0.2) is 22.9 Å². The third-order valence-corrected chi connectivity index (χ3v) is 1.27. The Morgan fingerprint density at radius 3 is 2.89 bits per heavy atom. The van der Waals surface area contributed by atoms with Crippen LogP contribution in [0.4, 0.5) is 5.69 Å². The molecule has 0 saturated heterocycles. The lowest BCUT2D eigenvalue weighted by molar-refractivity contribution is 1.28. The molecular formula is C6H3BrN2. The van der Waals surface area contributed by atoms with Gasteiger partial charge in [0.05, 0.1) is 11.2 Å². The van der Waals surface area contributed by atoms with E-state index in [4.69, 9.17) is 6.57 Å². The Labute approximate surface area is 61.5 Å². The van der Waals surface area contributed by atoms with Crippen molar-refractivity contribution >= 4 is 21.6 Å². The van der Waals surface area contributed by atoms with Crippen molar-refractivity contribution in [3.8, 4) is 0 Å². The topological polar surface area (TPSA) is 17.2 Å². The van der Waals surface area contributed by atoms with Gasteiger partial charge in [-0.3, -0.25) is 4.98 Å². The van der Waals surface area contributed by atoms with E-state index in [-0.39, 0.29) is 0 Å². The van der Waals surface area contributed by atoms with Crippen LogP contribution in [0.3, 0.4) is 0 Å². The number of hydrogen-bond acceptors (Lipinski definition) is 1. The van der Waals surface area contributed by atoms with Gasteiger partial charge in [-0.1, -0.05) is 0 Å². The smallest absolute Gasteiger partial charge is 0.191 e. The van der Waals surface area contributed by atoms with E-state index < -0.39 is 0 Å². The van der Waals surface area contributed by atoms with Gasteiger partial charge in [-0.05, 0) is 28.1 Å². The Morgan fingerprint density at radius 2 is 2.44 bits per heavy atom. The lowest BCUT2D eigenvalue weighted by Gasteiger charge is -1.86. The fraction of sp³-hybridized carbons (Fsp3) is 0. The lowest BCUT2D eigenvalue weighted by Crippen LogP contribution is -1.68. The Hall–Kier alpha value is -0.880. The maximum Gasteiger partial charge on any atom is 0.191 e. The Morgan fingerprint density at radius 1 is 1.67 bits per heavy atom. The molecule has 2 nitrogen and oxygen atoms in total. The standard InChI is InChI=1S/C6H3BrN2/c1-8-5-2-3-9-6(7)4-5/h2-4H. The molecule has 0 aliphatic carbocycles. The maximum absolute atomic E-state index is 6.62. The number of pyridine rings is 1. The summed E-state index contributed by atoms with van der Waals surface area (Å²) in [6, 6.07) is 3.34. The normalized spacial score (nSPS) is 8.44. The van der Waals surface area contributed by atoms with Crippen LogP contribution in [0.5, 0.6) is 0 Å². The lowest BCUT2D eigenvalue weighted by atomic mass is 10.4. The zero-order valence-corrected chi connectivity index (χ0v) is 6.09. The van der Waals surface area contributed by atoms with Gasteiger partial charge in [0.1, 0.15) is 0 Å². The number of nitrogens with zero attached hydrogens (tertiary/aromatic N) is 2.